The second-order valence-corrected chi connectivity index (χ2v) is 62.5. The summed E-state index contributed by atoms with van der Waals surface area (Å²) in [5, 5.41) is 0. The molecule has 2 aliphatic rings. The Balaban J connectivity index is 1.95. The van der Waals surface area contributed by atoms with Gasteiger partial charge in [-0.25, -0.2) is 0 Å². The number of allylic oxidation sites excluding steroid dienone is 2. The summed E-state index contributed by atoms with van der Waals surface area (Å²) in [7, 11) is 16.1. The standard InChI is InChI=1S/C13H15.C11H11.C2H6Si.2ClH.Hf/c1-2-3-6-11-9-12-7-4-5-8-13(12)10-11;1-8-6-7-9(2)11-5-3-4-10(8)11;1-3-2;;;/h4-5,7-10H,2-3,6H2,1H3;4,6-7H,5H2,1-2H3;1-2H3;2*1H;/q;;;;;+2/p-2. The van der Waals surface area contributed by atoms with E-state index in [2.05, 4.69) is 82.4 Å². The summed E-state index contributed by atoms with van der Waals surface area (Å²) in [5.41, 5.74) is 8.82. The zero-order chi connectivity index (χ0) is 21.7. The molecule has 0 amide bonds. The average Bonchev–Trinajstić information content (AvgIpc) is 3.33. The number of unbranched alkanes of at least 4 members (excludes halogenated alkanes) is 1. The Morgan fingerprint density at radius 2 is 1.70 bits per heavy atom. The van der Waals surface area contributed by atoms with E-state index in [0.29, 0.717) is 0 Å². The molecule has 0 saturated heterocycles. The van der Waals surface area contributed by atoms with Crippen LogP contribution in [-0.4, -0.2) is 5.49 Å². The van der Waals surface area contributed by atoms with Gasteiger partial charge >= 0.3 is 191 Å². The van der Waals surface area contributed by atoms with E-state index in [9.17, 15) is 0 Å². The Hall–Kier alpha value is -0.413. The Bertz CT molecular complexity index is 1160. The van der Waals surface area contributed by atoms with Crippen molar-refractivity contribution in [1.82, 2.24) is 0 Å². The van der Waals surface area contributed by atoms with E-state index < -0.39 is 20.3 Å². The van der Waals surface area contributed by atoms with Crippen LogP contribution in [0, 0.1) is 13.8 Å². The summed E-state index contributed by atoms with van der Waals surface area (Å²) in [6.45, 7) is 11.5. The molecule has 2 aromatic rings. The van der Waals surface area contributed by atoms with Crippen LogP contribution >= 0.6 is 17.2 Å². The predicted molar refractivity (Wildman–Crippen MR) is 133 cm³/mol. The minimum atomic E-state index is -4.55. The van der Waals surface area contributed by atoms with Gasteiger partial charge in [0.05, 0.1) is 0 Å². The van der Waals surface area contributed by atoms with E-state index in [4.69, 9.17) is 17.2 Å². The first-order valence-electron chi connectivity index (χ1n) is 11.2. The molecular formula is C26H32Cl2HfSi. The van der Waals surface area contributed by atoms with Gasteiger partial charge in [-0.05, 0) is 0 Å². The zero-order valence-corrected chi connectivity index (χ0v) is 24.9. The zero-order valence-electron chi connectivity index (χ0n) is 18.8. The van der Waals surface area contributed by atoms with Gasteiger partial charge in [0, 0.05) is 0 Å². The molecule has 158 valence electrons. The number of hydrogen-bond acceptors (Lipinski definition) is 0. The first-order valence-corrected chi connectivity index (χ1v) is 31.8. The van der Waals surface area contributed by atoms with E-state index >= 15 is 0 Å². The summed E-state index contributed by atoms with van der Waals surface area (Å²) < 4.78 is 1.64. The van der Waals surface area contributed by atoms with Crippen LogP contribution in [0.2, 0.25) is 13.1 Å². The molecule has 0 fully saturated rings. The third-order valence-electron chi connectivity index (χ3n) is 7.35. The fraction of sp³-hybridized carbons (Fsp3) is 0.385. The second kappa shape index (κ2) is 8.18. The monoisotopic (exact) mass is 622 g/mol. The van der Waals surface area contributed by atoms with Gasteiger partial charge in [-0.2, -0.15) is 0 Å². The van der Waals surface area contributed by atoms with E-state index in [1.165, 1.54) is 55.1 Å². The number of hydrogen-bond donors (Lipinski definition) is 0. The molecule has 4 rings (SSSR count). The summed E-state index contributed by atoms with van der Waals surface area (Å²) in [5.74, 6) is 0. The van der Waals surface area contributed by atoms with Gasteiger partial charge < -0.3 is 0 Å². The van der Waals surface area contributed by atoms with Crippen LogP contribution in [0.15, 0.2) is 45.3 Å². The van der Waals surface area contributed by atoms with Crippen molar-refractivity contribution in [3.8, 4) is 0 Å². The van der Waals surface area contributed by atoms with Gasteiger partial charge in [0.2, 0.25) is 0 Å². The van der Waals surface area contributed by atoms with Crippen LogP contribution in [0.3, 0.4) is 0 Å². The summed E-state index contributed by atoms with van der Waals surface area (Å²) in [6, 6.07) is 13.3. The molecule has 0 nitrogen and oxygen atoms in total. The summed E-state index contributed by atoms with van der Waals surface area (Å²) in [4.78, 5) is 0. The summed E-state index contributed by atoms with van der Waals surface area (Å²) in [6.07, 6.45) is 9.28. The molecule has 0 radical (unpaired) electrons. The summed E-state index contributed by atoms with van der Waals surface area (Å²) >= 11 is -4.55. The average molecular weight is 622 g/mol. The Morgan fingerprint density at radius 3 is 2.37 bits per heavy atom. The molecule has 1 atom stereocenters. The van der Waals surface area contributed by atoms with Gasteiger partial charge in [-0.15, -0.1) is 0 Å². The fourth-order valence-electron chi connectivity index (χ4n) is 5.42. The number of halogens is 2. The molecule has 0 heterocycles. The fourth-order valence-corrected chi connectivity index (χ4v) is 40.8. The Labute approximate surface area is 190 Å². The third-order valence-corrected chi connectivity index (χ3v) is 71.5. The maximum atomic E-state index is 8.06. The first kappa shape index (κ1) is 22.8. The van der Waals surface area contributed by atoms with Gasteiger partial charge in [-0.1, -0.05) is 0 Å². The molecular weight excluding hydrogens is 590 g/mol. The third kappa shape index (κ3) is 3.41. The van der Waals surface area contributed by atoms with Crippen molar-refractivity contribution in [3.63, 3.8) is 0 Å². The van der Waals surface area contributed by atoms with Gasteiger partial charge in [0.15, 0.2) is 0 Å². The molecule has 2 aliphatic carbocycles. The van der Waals surface area contributed by atoms with Crippen LogP contribution < -0.4 is 0 Å². The van der Waals surface area contributed by atoms with Crippen molar-refractivity contribution in [1.29, 1.82) is 0 Å². The van der Waals surface area contributed by atoms with Gasteiger partial charge in [0.25, 0.3) is 0 Å². The SMILES string of the molecule is CCCCC1=Cc2ccccc2[CH]1[Hf]([Cl])([Cl])([C]1=Cc2c(C)ccc(C)c2C1)=[Si](C)C. The van der Waals surface area contributed by atoms with Gasteiger partial charge in [0.1, 0.15) is 0 Å². The van der Waals surface area contributed by atoms with Crippen LogP contribution in [0.25, 0.3) is 12.2 Å². The van der Waals surface area contributed by atoms with Crippen LogP contribution in [0.5, 0.6) is 0 Å². The van der Waals surface area contributed by atoms with Crippen LogP contribution in [0.4, 0.5) is 0 Å². The van der Waals surface area contributed by atoms with E-state index in [1.807, 2.05) is 0 Å². The Kier molecular flexibility index (Phi) is 6.20. The van der Waals surface area contributed by atoms with Crippen molar-refractivity contribution in [2.75, 3.05) is 0 Å². The van der Waals surface area contributed by atoms with E-state index in [1.54, 1.807) is 0 Å². The van der Waals surface area contributed by atoms with Crippen molar-refractivity contribution in [3.05, 3.63) is 78.7 Å². The predicted octanol–water partition coefficient (Wildman–Crippen LogP) is 8.78. The normalized spacial score (nSPS) is 18.1. The van der Waals surface area contributed by atoms with E-state index in [0.717, 1.165) is 12.8 Å². The van der Waals surface area contributed by atoms with Crippen molar-refractivity contribution < 1.29 is 14.8 Å². The number of aryl methyl sites for hydroxylation is 2. The van der Waals surface area contributed by atoms with Crippen molar-refractivity contribution in [2.45, 2.75) is 63.2 Å². The number of benzene rings is 2. The molecule has 2 aromatic carbocycles. The molecule has 0 bridgehead atoms. The van der Waals surface area contributed by atoms with Gasteiger partial charge in [-0.3, -0.25) is 0 Å². The number of fused-ring (bicyclic) bond motifs is 2. The van der Waals surface area contributed by atoms with Crippen LogP contribution in [0.1, 0.15) is 63.2 Å². The molecule has 1 unspecified atom stereocenters. The minimum absolute atomic E-state index is 0.234. The van der Waals surface area contributed by atoms with Crippen molar-refractivity contribution in [2.24, 2.45) is 0 Å². The molecule has 4 heteroatoms. The molecule has 0 N–H and O–H groups in total. The first-order chi connectivity index (χ1) is 14.2. The Morgan fingerprint density at radius 1 is 1.00 bits per heavy atom. The molecule has 0 aromatic heterocycles. The molecule has 0 saturated carbocycles. The second-order valence-electron chi connectivity index (χ2n) is 9.40. The van der Waals surface area contributed by atoms with Crippen molar-refractivity contribution >= 4 is 34.8 Å². The topological polar surface area (TPSA) is 0 Å². The van der Waals surface area contributed by atoms with Crippen LogP contribution in [-0.2, 0) is 21.2 Å². The molecule has 30 heavy (non-hydrogen) atoms. The van der Waals surface area contributed by atoms with E-state index in [-0.39, 0.29) is 3.67 Å². The molecule has 0 aliphatic heterocycles. The maximum absolute atomic E-state index is 8.06. The molecule has 0 spiro atoms. The number of rotatable bonds is 5. The quantitative estimate of drug-likeness (QED) is 0.293.